The van der Waals surface area contributed by atoms with Gasteiger partial charge in [-0.15, -0.1) is 0 Å². The van der Waals surface area contributed by atoms with E-state index < -0.39 is 0 Å². The molecule has 0 aromatic rings. The number of rotatable bonds is 35. The van der Waals surface area contributed by atoms with Gasteiger partial charge in [0.1, 0.15) is 0 Å². The van der Waals surface area contributed by atoms with E-state index in [1.165, 1.54) is 197 Å². The predicted molar refractivity (Wildman–Crippen MR) is 187 cm³/mol. The van der Waals surface area contributed by atoms with Crippen LogP contribution in [0.3, 0.4) is 0 Å². The van der Waals surface area contributed by atoms with Crippen LogP contribution >= 0.6 is 0 Å². The van der Waals surface area contributed by atoms with E-state index in [-0.39, 0.29) is 8.31 Å². The van der Waals surface area contributed by atoms with Gasteiger partial charge in [0.2, 0.25) is 0 Å². The molecule has 0 fully saturated rings. The molecule has 5 radical (unpaired) electrons. The third kappa shape index (κ3) is 34.8. The van der Waals surface area contributed by atoms with Crippen molar-refractivity contribution in [2.45, 2.75) is 232 Å². The Morgan fingerprint density at radius 1 is 0.308 bits per heavy atom. The second-order valence-corrected chi connectivity index (χ2v) is 22.2. The monoisotopic (exact) mass is 592 g/mol. The van der Waals surface area contributed by atoms with Crippen LogP contribution < -0.4 is 0 Å². The maximum Gasteiger partial charge on any atom is 0.0306 e. The molecule has 0 saturated carbocycles. The fraction of sp³-hybridized carbons (Fsp3) is 1.00. The first-order chi connectivity index (χ1) is 19.3. The molecule has 231 valence electrons. The average molecular weight is 592 g/mol. The standard InChI is InChI=1S/C36H75Si3/c1-4-7-10-13-16-19-22-25-28-31-34-37-38-39(35-32-29-26-23-20-17-14-11-8-5-2)36-33-30-27-24-21-18-15-12-9-6-3/h4-36H2,1-3H3. The van der Waals surface area contributed by atoms with Crippen LogP contribution in [0.4, 0.5) is 0 Å². The Morgan fingerprint density at radius 3 is 0.872 bits per heavy atom. The highest BCUT2D eigenvalue weighted by Gasteiger charge is 2.11. The van der Waals surface area contributed by atoms with Gasteiger partial charge in [-0.1, -0.05) is 232 Å². The summed E-state index contributed by atoms with van der Waals surface area (Å²) in [6, 6.07) is 4.88. The SMILES string of the molecule is CCCCCCCCCCCC[Si][Si][Si](CCCCCCCCCCCC)CCCCCCCCCCCC. The van der Waals surface area contributed by atoms with E-state index in [9.17, 15) is 0 Å². The smallest absolute Gasteiger partial charge is 0.0306 e. The van der Waals surface area contributed by atoms with Crippen molar-refractivity contribution in [1.29, 1.82) is 0 Å². The van der Waals surface area contributed by atoms with Gasteiger partial charge in [-0.2, -0.15) is 0 Å². The van der Waals surface area contributed by atoms with E-state index in [4.69, 9.17) is 0 Å². The van der Waals surface area contributed by atoms with Gasteiger partial charge in [0, 0.05) is 25.9 Å². The summed E-state index contributed by atoms with van der Waals surface area (Å²) < 4.78 is 0. The molecule has 0 spiro atoms. The zero-order valence-corrected chi connectivity index (χ0v) is 30.8. The molecule has 0 heterocycles. The largest absolute Gasteiger partial charge is 0.0654 e. The van der Waals surface area contributed by atoms with Crippen LogP contribution in [0.1, 0.15) is 213 Å². The van der Waals surface area contributed by atoms with Crippen molar-refractivity contribution in [3.8, 4) is 0 Å². The van der Waals surface area contributed by atoms with Crippen molar-refractivity contribution in [3.05, 3.63) is 0 Å². The molecule has 0 aliphatic rings. The second kappa shape index (κ2) is 36.7. The fourth-order valence-corrected chi connectivity index (χ4v) is 17.5. The first-order valence-electron chi connectivity index (χ1n) is 18.7. The molecule has 0 bridgehead atoms. The third-order valence-electron chi connectivity index (χ3n) is 8.58. The Balaban J connectivity index is 3.87. The topological polar surface area (TPSA) is 0 Å². The molecule has 0 atom stereocenters. The summed E-state index contributed by atoms with van der Waals surface area (Å²) in [6.45, 7) is 6.97. The summed E-state index contributed by atoms with van der Waals surface area (Å²) in [6.07, 6.45) is 44.7. The van der Waals surface area contributed by atoms with Gasteiger partial charge in [-0.25, -0.2) is 0 Å². The number of unbranched alkanes of at least 4 members (excludes halogenated alkanes) is 27. The molecule has 0 aliphatic carbocycles. The van der Waals surface area contributed by atoms with Crippen molar-refractivity contribution in [2.75, 3.05) is 0 Å². The molecule has 0 N–H and O–H groups in total. The van der Waals surface area contributed by atoms with Crippen molar-refractivity contribution < 1.29 is 0 Å². The normalized spacial score (nSPS) is 11.7. The van der Waals surface area contributed by atoms with Crippen molar-refractivity contribution >= 4 is 25.9 Å². The van der Waals surface area contributed by atoms with E-state index in [1.807, 2.05) is 0 Å². The van der Waals surface area contributed by atoms with Gasteiger partial charge < -0.3 is 0 Å². The molecule has 3 heteroatoms. The first kappa shape index (κ1) is 39.7. The molecule has 0 unspecified atom stereocenters. The van der Waals surface area contributed by atoms with E-state index in [0.717, 1.165) is 0 Å². The minimum Gasteiger partial charge on any atom is -0.0654 e. The first-order valence-corrected chi connectivity index (χ1v) is 24.8. The molecule has 0 nitrogen and oxygen atoms in total. The van der Waals surface area contributed by atoms with Gasteiger partial charge in [-0.05, 0) is 0 Å². The summed E-state index contributed by atoms with van der Waals surface area (Å²) >= 11 is 0. The second-order valence-electron chi connectivity index (χ2n) is 12.7. The fourth-order valence-electron chi connectivity index (χ4n) is 5.79. The summed E-state index contributed by atoms with van der Waals surface area (Å²) in [7, 11) is 2.68. The van der Waals surface area contributed by atoms with E-state index in [1.54, 1.807) is 31.0 Å². The summed E-state index contributed by atoms with van der Waals surface area (Å²) in [5, 5.41) is 0. The number of hydrogen-bond acceptors (Lipinski definition) is 0. The zero-order chi connectivity index (χ0) is 28.3. The maximum atomic E-state index is 2.32. The van der Waals surface area contributed by atoms with Gasteiger partial charge in [0.05, 0.1) is 0 Å². The molecule has 0 saturated heterocycles. The molecule has 0 aromatic carbocycles. The summed E-state index contributed by atoms with van der Waals surface area (Å²) in [5.74, 6) is 0. The van der Waals surface area contributed by atoms with Crippen LogP contribution in [0.2, 0.25) is 18.1 Å². The Hall–Kier alpha value is 0.651. The van der Waals surface area contributed by atoms with Gasteiger partial charge >= 0.3 is 0 Å². The average Bonchev–Trinajstić information content (AvgIpc) is 2.95. The minimum absolute atomic E-state index is 0.0308. The maximum absolute atomic E-state index is 2.32. The van der Waals surface area contributed by atoms with E-state index in [2.05, 4.69) is 20.8 Å². The lowest BCUT2D eigenvalue weighted by atomic mass is 10.1. The van der Waals surface area contributed by atoms with Crippen LogP contribution in [0, 0.1) is 0 Å². The molecule has 0 aliphatic heterocycles. The molecule has 0 aromatic heterocycles. The predicted octanol–water partition coefficient (Wildman–Crippen LogP) is 13.5. The quantitative estimate of drug-likeness (QED) is 0.0508. The van der Waals surface area contributed by atoms with Crippen molar-refractivity contribution in [2.24, 2.45) is 0 Å². The van der Waals surface area contributed by atoms with Crippen LogP contribution in [0.25, 0.3) is 0 Å². The molecule has 39 heavy (non-hydrogen) atoms. The highest BCUT2D eigenvalue weighted by atomic mass is 29.5. The minimum atomic E-state index is -0.0308. The third-order valence-corrected chi connectivity index (χ3v) is 20.2. The van der Waals surface area contributed by atoms with Crippen LogP contribution in [-0.2, 0) is 0 Å². The zero-order valence-electron chi connectivity index (χ0n) is 27.8. The Labute approximate surface area is 256 Å². The lowest BCUT2D eigenvalue weighted by Gasteiger charge is -2.14. The van der Waals surface area contributed by atoms with Crippen LogP contribution in [-0.4, -0.2) is 25.9 Å². The van der Waals surface area contributed by atoms with Crippen molar-refractivity contribution in [3.63, 3.8) is 0 Å². The van der Waals surface area contributed by atoms with Crippen LogP contribution in [0.15, 0.2) is 0 Å². The lowest BCUT2D eigenvalue weighted by molar-refractivity contribution is 0.560. The van der Waals surface area contributed by atoms with Crippen molar-refractivity contribution in [1.82, 2.24) is 0 Å². The Morgan fingerprint density at radius 2 is 0.564 bits per heavy atom. The molecule has 0 amide bonds. The van der Waals surface area contributed by atoms with Gasteiger partial charge in [0.15, 0.2) is 0 Å². The molecular formula is C36H75Si3. The summed E-state index contributed by atoms with van der Waals surface area (Å²) in [4.78, 5) is 0. The van der Waals surface area contributed by atoms with E-state index in [0.29, 0.717) is 0 Å². The van der Waals surface area contributed by atoms with Crippen LogP contribution in [0.5, 0.6) is 0 Å². The summed E-state index contributed by atoms with van der Waals surface area (Å²) in [5.41, 5.74) is 0. The van der Waals surface area contributed by atoms with Gasteiger partial charge in [0.25, 0.3) is 0 Å². The highest BCUT2D eigenvalue weighted by molar-refractivity contribution is 7.35. The lowest BCUT2D eigenvalue weighted by Crippen LogP contribution is -2.27. The van der Waals surface area contributed by atoms with E-state index >= 15 is 0 Å². The molecular weight excluding hydrogens is 517 g/mol. The Bertz CT molecular complexity index is 390. The van der Waals surface area contributed by atoms with Gasteiger partial charge in [-0.3, -0.25) is 0 Å². The highest BCUT2D eigenvalue weighted by Crippen LogP contribution is 2.17. The Kier molecular flexibility index (Phi) is 37.3. The number of hydrogen-bond donors (Lipinski definition) is 0. The molecule has 0 rings (SSSR count).